The predicted molar refractivity (Wildman–Crippen MR) is 81.6 cm³/mol. The van der Waals surface area contributed by atoms with Crippen LogP contribution < -0.4 is 5.32 Å². The lowest BCUT2D eigenvalue weighted by atomic mass is 10.1. The zero-order chi connectivity index (χ0) is 14.1. The van der Waals surface area contributed by atoms with Crippen molar-refractivity contribution in [2.75, 3.05) is 13.1 Å². The van der Waals surface area contributed by atoms with Gasteiger partial charge in [0.1, 0.15) is 0 Å². The SMILES string of the molecule is CC(C)CNCC1CC1c1c[nH]c2ccc(C#N)cc12. The van der Waals surface area contributed by atoms with Crippen LogP contribution in [0.3, 0.4) is 0 Å². The minimum absolute atomic E-state index is 0.650. The third-order valence-corrected chi connectivity index (χ3v) is 4.12. The molecule has 3 rings (SSSR count). The molecule has 0 spiro atoms. The van der Waals surface area contributed by atoms with Crippen LogP contribution in [0.25, 0.3) is 10.9 Å². The van der Waals surface area contributed by atoms with Gasteiger partial charge in [0.15, 0.2) is 0 Å². The van der Waals surface area contributed by atoms with Gasteiger partial charge in [0, 0.05) is 17.1 Å². The average Bonchev–Trinajstić information content (AvgIpc) is 3.07. The van der Waals surface area contributed by atoms with Gasteiger partial charge >= 0.3 is 0 Å². The molecule has 104 valence electrons. The molecule has 2 atom stereocenters. The molecule has 20 heavy (non-hydrogen) atoms. The van der Waals surface area contributed by atoms with Crippen molar-refractivity contribution in [3.05, 3.63) is 35.5 Å². The number of aromatic nitrogens is 1. The molecule has 2 N–H and O–H groups in total. The maximum absolute atomic E-state index is 9.03. The molecule has 0 aliphatic heterocycles. The molecule has 1 heterocycles. The van der Waals surface area contributed by atoms with Gasteiger partial charge in [0.2, 0.25) is 0 Å². The molecule has 0 saturated heterocycles. The number of H-pyrrole nitrogens is 1. The fourth-order valence-electron chi connectivity index (χ4n) is 2.93. The van der Waals surface area contributed by atoms with Gasteiger partial charge in [-0.05, 0) is 61.0 Å². The molecule has 1 saturated carbocycles. The van der Waals surface area contributed by atoms with E-state index < -0.39 is 0 Å². The largest absolute Gasteiger partial charge is 0.361 e. The molecule has 2 unspecified atom stereocenters. The smallest absolute Gasteiger partial charge is 0.0991 e. The first-order chi connectivity index (χ1) is 9.69. The van der Waals surface area contributed by atoms with Crippen LogP contribution >= 0.6 is 0 Å². The summed E-state index contributed by atoms with van der Waals surface area (Å²) in [6, 6.07) is 8.12. The van der Waals surface area contributed by atoms with Crippen molar-refractivity contribution in [1.29, 1.82) is 5.26 Å². The van der Waals surface area contributed by atoms with E-state index in [0.717, 1.165) is 30.1 Å². The lowest BCUT2D eigenvalue weighted by molar-refractivity contribution is 0.533. The van der Waals surface area contributed by atoms with E-state index in [1.165, 1.54) is 17.4 Å². The number of hydrogen-bond acceptors (Lipinski definition) is 2. The fraction of sp³-hybridized carbons (Fsp3) is 0.471. The van der Waals surface area contributed by atoms with Crippen molar-refractivity contribution >= 4 is 10.9 Å². The van der Waals surface area contributed by atoms with E-state index >= 15 is 0 Å². The molecule has 0 bridgehead atoms. The Balaban J connectivity index is 1.71. The third-order valence-electron chi connectivity index (χ3n) is 4.12. The van der Waals surface area contributed by atoms with Crippen molar-refractivity contribution in [1.82, 2.24) is 10.3 Å². The maximum Gasteiger partial charge on any atom is 0.0991 e. The predicted octanol–water partition coefficient (Wildman–Crippen LogP) is 3.39. The van der Waals surface area contributed by atoms with Crippen molar-refractivity contribution < 1.29 is 0 Å². The monoisotopic (exact) mass is 267 g/mol. The van der Waals surface area contributed by atoms with Gasteiger partial charge in [-0.3, -0.25) is 0 Å². The number of nitrogens with one attached hydrogen (secondary N) is 2. The van der Waals surface area contributed by atoms with Crippen LogP contribution in [-0.4, -0.2) is 18.1 Å². The standard InChI is InChI=1S/C17H21N3/c1-11(2)8-19-9-13-6-14(13)16-10-20-17-4-3-12(7-18)5-15(16)17/h3-5,10-11,13-14,19-20H,6,8-9H2,1-2H3. The van der Waals surface area contributed by atoms with Gasteiger partial charge in [-0.1, -0.05) is 13.8 Å². The summed E-state index contributed by atoms with van der Waals surface area (Å²) in [5.41, 5.74) is 3.27. The molecule has 1 aromatic carbocycles. The molecule has 1 aliphatic rings. The lowest BCUT2D eigenvalue weighted by Crippen LogP contribution is -2.22. The average molecular weight is 267 g/mol. The topological polar surface area (TPSA) is 51.6 Å². The maximum atomic E-state index is 9.03. The van der Waals surface area contributed by atoms with Gasteiger partial charge in [-0.25, -0.2) is 0 Å². The second kappa shape index (κ2) is 5.30. The molecular formula is C17H21N3. The summed E-state index contributed by atoms with van der Waals surface area (Å²) < 4.78 is 0. The lowest BCUT2D eigenvalue weighted by Gasteiger charge is -2.06. The van der Waals surface area contributed by atoms with Gasteiger partial charge in [-0.2, -0.15) is 5.26 Å². The minimum Gasteiger partial charge on any atom is -0.361 e. The van der Waals surface area contributed by atoms with Crippen molar-refractivity contribution in [2.24, 2.45) is 11.8 Å². The number of nitriles is 1. The number of fused-ring (bicyclic) bond motifs is 1. The molecular weight excluding hydrogens is 246 g/mol. The van der Waals surface area contributed by atoms with Crippen LogP contribution in [-0.2, 0) is 0 Å². The number of nitrogens with zero attached hydrogens (tertiary/aromatic N) is 1. The molecule has 0 amide bonds. The van der Waals surface area contributed by atoms with E-state index in [4.69, 9.17) is 5.26 Å². The van der Waals surface area contributed by atoms with E-state index in [1.807, 2.05) is 18.2 Å². The van der Waals surface area contributed by atoms with E-state index in [-0.39, 0.29) is 0 Å². The highest BCUT2D eigenvalue weighted by Gasteiger charge is 2.39. The zero-order valence-electron chi connectivity index (χ0n) is 12.1. The number of hydrogen-bond donors (Lipinski definition) is 2. The van der Waals surface area contributed by atoms with E-state index in [2.05, 4.69) is 36.4 Å². The Labute approximate surface area is 120 Å². The summed E-state index contributed by atoms with van der Waals surface area (Å²) in [5, 5.41) is 13.8. The Hall–Kier alpha value is -1.79. The van der Waals surface area contributed by atoms with Crippen molar-refractivity contribution in [3.8, 4) is 6.07 Å². The van der Waals surface area contributed by atoms with Crippen molar-refractivity contribution in [2.45, 2.75) is 26.2 Å². The molecule has 1 aromatic heterocycles. The third kappa shape index (κ3) is 2.57. The van der Waals surface area contributed by atoms with Gasteiger partial charge in [0.05, 0.1) is 11.6 Å². The summed E-state index contributed by atoms with van der Waals surface area (Å²) in [7, 11) is 0. The molecule has 1 aliphatic carbocycles. The van der Waals surface area contributed by atoms with Crippen LogP contribution in [0, 0.1) is 23.2 Å². The summed E-state index contributed by atoms with van der Waals surface area (Å²) in [6.45, 7) is 6.67. The quantitative estimate of drug-likeness (QED) is 0.872. The highest BCUT2D eigenvalue weighted by molar-refractivity contribution is 5.85. The minimum atomic E-state index is 0.650. The Morgan fingerprint density at radius 2 is 2.30 bits per heavy atom. The highest BCUT2D eigenvalue weighted by Crippen LogP contribution is 2.49. The fourth-order valence-corrected chi connectivity index (χ4v) is 2.93. The van der Waals surface area contributed by atoms with Crippen LogP contribution in [0.2, 0.25) is 0 Å². The van der Waals surface area contributed by atoms with Crippen LogP contribution in [0.5, 0.6) is 0 Å². The Morgan fingerprint density at radius 3 is 3.05 bits per heavy atom. The Morgan fingerprint density at radius 1 is 1.45 bits per heavy atom. The Kier molecular flexibility index (Phi) is 3.50. The molecule has 0 radical (unpaired) electrons. The normalized spacial score (nSPS) is 21.3. The number of benzene rings is 1. The summed E-state index contributed by atoms with van der Waals surface area (Å²) in [5.74, 6) is 2.11. The highest BCUT2D eigenvalue weighted by atomic mass is 14.9. The van der Waals surface area contributed by atoms with E-state index in [1.54, 1.807) is 0 Å². The summed E-state index contributed by atoms with van der Waals surface area (Å²) >= 11 is 0. The molecule has 2 aromatic rings. The first-order valence-corrected chi connectivity index (χ1v) is 7.41. The summed E-state index contributed by atoms with van der Waals surface area (Å²) in [4.78, 5) is 3.33. The van der Waals surface area contributed by atoms with E-state index in [9.17, 15) is 0 Å². The Bertz CT molecular complexity index is 648. The molecule has 3 heteroatoms. The molecule has 3 nitrogen and oxygen atoms in total. The number of rotatable bonds is 5. The number of aromatic amines is 1. The van der Waals surface area contributed by atoms with Crippen LogP contribution in [0.4, 0.5) is 0 Å². The molecule has 1 fully saturated rings. The van der Waals surface area contributed by atoms with Gasteiger partial charge in [0.25, 0.3) is 0 Å². The van der Waals surface area contributed by atoms with E-state index in [0.29, 0.717) is 11.8 Å². The zero-order valence-corrected chi connectivity index (χ0v) is 12.1. The van der Waals surface area contributed by atoms with Crippen LogP contribution in [0.15, 0.2) is 24.4 Å². The second-order valence-electron chi connectivity index (χ2n) is 6.27. The second-order valence-corrected chi connectivity index (χ2v) is 6.27. The van der Waals surface area contributed by atoms with Gasteiger partial charge < -0.3 is 10.3 Å². The first-order valence-electron chi connectivity index (χ1n) is 7.41. The first kappa shape index (κ1) is 13.2. The van der Waals surface area contributed by atoms with Crippen LogP contribution in [0.1, 0.15) is 37.3 Å². The van der Waals surface area contributed by atoms with Gasteiger partial charge in [-0.15, -0.1) is 0 Å². The van der Waals surface area contributed by atoms with Crippen molar-refractivity contribution in [3.63, 3.8) is 0 Å². The summed E-state index contributed by atoms with van der Waals surface area (Å²) in [6.07, 6.45) is 3.38.